The summed E-state index contributed by atoms with van der Waals surface area (Å²) in [6, 6.07) is 10.7. The topological polar surface area (TPSA) is 57.7 Å². The molecule has 1 amide bonds. The molecule has 1 fully saturated rings. The number of hydrogen-bond donors (Lipinski definition) is 0. The van der Waals surface area contributed by atoms with Crippen LogP contribution in [0.2, 0.25) is 0 Å². The lowest BCUT2D eigenvalue weighted by Crippen LogP contribution is -2.48. The largest absolute Gasteiger partial charge is 0.368 e. The van der Waals surface area contributed by atoms with E-state index in [1.165, 1.54) is 17.6 Å². The molecule has 1 aromatic heterocycles. The van der Waals surface area contributed by atoms with E-state index in [1.54, 1.807) is 12.1 Å². The van der Waals surface area contributed by atoms with Gasteiger partial charge >= 0.3 is 0 Å². The summed E-state index contributed by atoms with van der Waals surface area (Å²) in [4.78, 5) is 17.4. The molecule has 23 heavy (non-hydrogen) atoms. The third kappa shape index (κ3) is 3.56. The molecule has 2 heterocycles. The summed E-state index contributed by atoms with van der Waals surface area (Å²) in [5.74, 6) is 0.0899. The molecular weight excluding hydrogens is 332 g/mol. The van der Waals surface area contributed by atoms with E-state index < -0.39 is 9.84 Å². The molecule has 0 atom stereocenters. The average molecular weight is 350 g/mol. The number of nitrogens with zero attached hydrogens (tertiary/aromatic N) is 2. The molecule has 0 N–H and O–H groups in total. The quantitative estimate of drug-likeness (QED) is 0.851. The lowest BCUT2D eigenvalue weighted by molar-refractivity contribution is 0.0751. The highest BCUT2D eigenvalue weighted by Crippen LogP contribution is 2.20. The van der Waals surface area contributed by atoms with Crippen LogP contribution in [-0.2, 0) is 9.84 Å². The van der Waals surface area contributed by atoms with E-state index in [0.29, 0.717) is 18.0 Å². The van der Waals surface area contributed by atoms with Gasteiger partial charge in [-0.25, -0.2) is 8.42 Å². The Kier molecular flexibility index (Phi) is 4.41. The van der Waals surface area contributed by atoms with Crippen LogP contribution in [0.25, 0.3) is 0 Å². The van der Waals surface area contributed by atoms with Crippen molar-refractivity contribution in [3.8, 4) is 0 Å². The minimum absolute atomic E-state index is 0.0899. The molecular formula is C16H18N2O3S2. The van der Waals surface area contributed by atoms with Gasteiger partial charge in [0.05, 0.1) is 9.77 Å². The minimum atomic E-state index is -3.17. The Morgan fingerprint density at radius 1 is 1.04 bits per heavy atom. The van der Waals surface area contributed by atoms with Gasteiger partial charge in [0, 0.05) is 38.1 Å². The van der Waals surface area contributed by atoms with Crippen LogP contribution in [0.1, 0.15) is 9.67 Å². The summed E-state index contributed by atoms with van der Waals surface area (Å²) < 4.78 is 23.0. The molecule has 0 aliphatic carbocycles. The Labute approximate surface area is 140 Å². The second-order valence-electron chi connectivity index (χ2n) is 5.52. The average Bonchev–Trinajstić information content (AvgIpc) is 3.08. The molecule has 122 valence electrons. The normalized spacial score (nSPS) is 15.7. The fourth-order valence-corrected chi connectivity index (χ4v) is 3.95. The van der Waals surface area contributed by atoms with Crippen molar-refractivity contribution in [2.75, 3.05) is 37.3 Å². The van der Waals surface area contributed by atoms with Crippen LogP contribution in [-0.4, -0.2) is 51.7 Å². The van der Waals surface area contributed by atoms with Crippen LogP contribution in [0.15, 0.2) is 46.7 Å². The first-order valence-corrected chi connectivity index (χ1v) is 10.1. The highest BCUT2D eigenvalue weighted by molar-refractivity contribution is 7.90. The Bertz CT molecular complexity index is 775. The SMILES string of the molecule is CS(=O)(=O)c1ccc(N2CCN(C(=O)c3cccs3)CC2)cc1. The Morgan fingerprint density at radius 2 is 1.70 bits per heavy atom. The molecule has 5 nitrogen and oxygen atoms in total. The number of carbonyl (C=O) groups is 1. The summed E-state index contributed by atoms with van der Waals surface area (Å²) in [6.45, 7) is 2.83. The van der Waals surface area contributed by atoms with Crippen LogP contribution >= 0.6 is 11.3 Å². The molecule has 1 aromatic carbocycles. The maximum absolute atomic E-state index is 12.3. The van der Waals surface area contributed by atoms with Gasteiger partial charge in [0.2, 0.25) is 0 Å². The molecule has 0 saturated carbocycles. The van der Waals surface area contributed by atoms with Crippen molar-refractivity contribution >= 4 is 32.8 Å². The summed E-state index contributed by atoms with van der Waals surface area (Å²) in [5.41, 5.74) is 0.987. The first-order valence-electron chi connectivity index (χ1n) is 7.33. The van der Waals surface area contributed by atoms with Gasteiger partial charge in [-0.2, -0.15) is 0 Å². The number of benzene rings is 1. The molecule has 0 spiro atoms. The van der Waals surface area contributed by atoms with Crippen LogP contribution < -0.4 is 4.90 Å². The molecule has 3 rings (SSSR count). The van der Waals surface area contributed by atoms with Crippen molar-refractivity contribution in [3.63, 3.8) is 0 Å². The molecule has 0 radical (unpaired) electrons. The molecule has 1 aliphatic rings. The summed E-state index contributed by atoms with van der Waals surface area (Å²) in [5, 5.41) is 1.91. The van der Waals surface area contributed by atoms with Gasteiger partial charge in [-0.1, -0.05) is 6.07 Å². The predicted molar refractivity (Wildman–Crippen MR) is 92.0 cm³/mol. The number of anilines is 1. The number of sulfone groups is 1. The second-order valence-corrected chi connectivity index (χ2v) is 8.49. The van der Waals surface area contributed by atoms with Crippen LogP contribution in [0, 0.1) is 0 Å². The third-order valence-corrected chi connectivity index (χ3v) is 5.92. The zero-order valence-electron chi connectivity index (χ0n) is 12.8. The molecule has 0 bridgehead atoms. The molecule has 7 heteroatoms. The summed E-state index contributed by atoms with van der Waals surface area (Å²) >= 11 is 1.46. The highest BCUT2D eigenvalue weighted by Gasteiger charge is 2.23. The van der Waals surface area contributed by atoms with Gasteiger partial charge in [-0.3, -0.25) is 4.79 Å². The molecule has 2 aromatic rings. The highest BCUT2D eigenvalue weighted by atomic mass is 32.2. The monoisotopic (exact) mass is 350 g/mol. The van der Waals surface area contributed by atoms with Crippen molar-refractivity contribution in [1.82, 2.24) is 4.90 Å². The van der Waals surface area contributed by atoms with Gasteiger partial charge in [0.25, 0.3) is 5.91 Å². The standard InChI is InChI=1S/C16H18N2O3S2/c1-23(20,21)14-6-4-13(5-7-14)17-8-10-18(11-9-17)16(19)15-3-2-12-22-15/h2-7,12H,8-11H2,1H3. The van der Waals surface area contributed by atoms with E-state index in [-0.39, 0.29) is 5.91 Å². The Morgan fingerprint density at radius 3 is 2.22 bits per heavy atom. The number of carbonyl (C=O) groups excluding carboxylic acids is 1. The first kappa shape index (κ1) is 16.0. The van der Waals surface area contributed by atoms with Crippen LogP contribution in [0.3, 0.4) is 0 Å². The van der Waals surface area contributed by atoms with E-state index in [2.05, 4.69) is 4.90 Å². The smallest absolute Gasteiger partial charge is 0.264 e. The van der Waals surface area contributed by atoms with Gasteiger partial charge < -0.3 is 9.80 Å². The van der Waals surface area contributed by atoms with E-state index in [0.717, 1.165) is 23.7 Å². The molecule has 1 aliphatic heterocycles. The summed E-state index contributed by atoms with van der Waals surface area (Å²) in [7, 11) is -3.17. The number of rotatable bonds is 3. The maximum Gasteiger partial charge on any atom is 0.264 e. The van der Waals surface area contributed by atoms with Crippen LogP contribution in [0.4, 0.5) is 5.69 Å². The molecule has 1 saturated heterocycles. The van der Waals surface area contributed by atoms with Crippen molar-refractivity contribution in [2.24, 2.45) is 0 Å². The first-order chi connectivity index (χ1) is 10.9. The van der Waals surface area contributed by atoms with Crippen molar-refractivity contribution < 1.29 is 13.2 Å². The lowest BCUT2D eigenvalue weighted by atomic mass is 10.2. The van der Waals surface area contributed by atoms with E-state index in [9.17, 15) is 13.2 Å². The van der Waals surface area contributed by atoms with Crippen LogP contribution in [0.5, 0.6) is 0 Å². The number of thiophene rings is 1. The van der Waals surface area contributed by atoms with Crippen molar-refractivity contribution in [3.05, 3.63) is 46.7 Å². The predicted octanol–water partition coefficient (Wildman–Crippen LogP) is 2.11. The third-order valence-electron chi connectivity index (χ3n) is 3.93. The summed E-state index contributed by atoms with van der Waals surface area (Å²) in [6.07, 6.45) is 1.21. The van der Waals surface area contributed by atoms with Gasteiger partial charge in [-0.05, 0) is 35.7 Å². The Balaban J connectivity index is 1.64. The van der Waals surface area contributed by atoms with Crippen molar-refractivity contribution in [2.45, 2.75) is 4.90 Å². The lowest BCUT2D eigenvalue weighted by Gasteiger charge is -2.36. The van der Waals surface area contributed by atoms with Gasteiger partial charge in [0.1, 0.15) is 0 Å². The fourth-order valence-electron chi connectivity index (χ4n) is 2.63. The number of amides is 1. The zero-order valence-corrected chi connectivity index (χ0v) is 14.4. The van der Waals surface area contributed by atoms with E-state index in [1.807, 2.05) is 34.5 Å². The maximum atomic E-state index is 12.3. The van der Waals surface area contributed by atoms with Gasteiger partial charge in [0.15, 0.2) is 9.84 Å². The minimum Gasteiger partial charge on any atom is -0.368 e. The second kappa shape index (κ2) is 6.33. The number of hydrogen-bond acceptors (Lipinski definition) is 5. The number of piperazine rings is 1. The molecule has 0 unspecified atom stereocenters. The fraction of sp³-hybridized carbons (Fsp3) is 0.312. The zero-order chi connectivity index (χ0) is 16.4. The van der Waals surface area contributed by atoms with E-state index in [4.69, 9.17) is 0 Å². The van der Waals surface area contributed by atoms with Crippen molar-refractivity contribution in [1.29, 1.82) is 0 Å². The van der Waals surface area contributed by atoms with Gasteiger partial charge in [-0.15, -0.1) is 11.3 Å². The Hall–Kier alpha value is -1.86. The van der Waals surface area contributed by atoms with E-state index >= 15 is 0 Å².